The summed E-state index contributed by atoms with van der Waals surface area (Å²) in [5.41, 5.74) is 8.43. The van der Waals surface area contributed by atoms with Gasteiger partial charge in [-0.25, -0.2) is 0 Å². The highest BCUT2D eigenvalue weighted by atomic mass is 32.2. The van der Waals surface area contributed by atoms with Gasteiger partial charge in [0.1, 0.15) is 0 Å². The normalized spacial score (nSPS) is 20.4. The monoisotopic (exact) mass is 286 g/mol. The average molecular weight is 286 g/mol. The second-order valence-corrected chi connectivity index (χ2v) is 6.94. The fourth-order valence-electron chi connectivity index (χ4n) is 2.85. The zero-order valence-corrected chi connectivity index (χ0v) is 12.8. The van der Waals surface area contributed by atoms with Crippen molar-refractivity contribution in [1.29, 1.82) is 0 Å². The molecule has 0 spiro atoms. The highest BCUT2D eigenvalue weighted by molar-refractivity contribution is 8.00. The summed E-state index contributed by atoms with van der Waals surface area (Å²) in [5.74, 6) is 1.24. The third-order valence-corrected chi connectivity index (χ3v) is 5.45. The molecule has 0 aromatic heterocycles. The van der Waals surface area contributed by atoms with E-state index in [0.29, 0.717) is 0 Å². The number of hydrogen-bond acceptors (Lipinski definition) is 3. The Labute approximate surface area is 125 Å². The van der Waals surface area contributed by atoms with Gasteiger partial charge in [0, 0.05) is 36.3 Å². The maximum absolute atomic E-state index is 6.24. The molecule has 2 aromatic carbocycles. The molecule has 1 atom stereocenters. The SMILES string of the molecule is CCC1CN(Cc2cc3ccccc3cc2N)CCS1. The quantitative estimate of drug-likeness (QED) is 0.871. The third-order valence-electron chi connectivity index (χ3n) is 4.08. The molecule has 2 aromatic rings. The topological polar surface area (TPSA) is 29.3 Å². The summed E-state index contributed by atoms with van der Waals surface area (Å²) in [5, 5.41) is 3.30. The number of fused-ring (bicyclic) bond motifs is 1. The van der Waals surface area contributed by atoms with Crippen LogP contribution in [0.2, 0.25) is 0 Å². The largest absolute Gasteiger partial charge is 0.398 e. The lowest BCUT2D eigenvalue weighted by atomic mass is 10.0. The molecule has 0 saturated carbocycles. The van der Waals surface area contributed by atoms with Crippen LogP contribution in [0.15, 0.2) is 36.4 Å². The van der Waals surface area contributed by atoms with Crippen molar-refractivity contribution in [2.24, 2.45) is 0 Å². The molecular weight excluding hydrogens is 264 g/mol. The molecule has 2 nitrogen and oxygen atoms in total. The molecule has 1 saturated heterocycles. The van der Waals surface area contributed by atoms with Crippen LogP contribution in [-0.2, 0) is 6.54 Å². The molecule has 0 aliphatic carbocycles. The lowest BCUT2D eigenvalue weighted by Gasteiger charge is -2.32. The lowest BCUT2D eigenvalue weighted by Crippen LogP contribution is -2.37. The molecule has 0 bridgehead atoms. The van der Waals surface area contributed by atoms with E-state index in [9.17, 15) is 0 Å². The minimum absolute atomic E-state index is 0.783. The van der Waals surface area contributed by atoms with E-state index in [1.54, 1.807) is 0 Å². The first kappa shape index (κ1) is 13.8. The smallest absolute Gasteiger partial charge is 0.0366 e. The molecule has 1 fully saturated rings. The van der Waals surface area contributed by atoms with Gasteiger partial charge in [0.05, 0.1) is 0 Å². The van der Waals surface area contributed by atoms with Gasteiger partial charge in [-0.1, -0.05) is 31.2 Å². The van der Waals surface area contributed by atoms with Crippen molar-refractivity contribution in [3.63, 3.8) is 0 Å². The van der Waals surface area contributed by atoms with Crippen molar-refractivity contribution in [2.75, 3.05) is 24.6 Å². The van der Waals surface area contributed by atoms with Gasteiger partial charge in [0.15, 0.2) is 0 Å². The van der Waals surface area contributed by atoms with Gasteiger partial charge in [0.25, 0.3) is 0 Å². The molecule has 2 N–H and O–H groups in total. The maximum atomic E-state index is 6.24. The second-order valence-electron chi connectivity index (χ2n) is 5.53. The maximum Gasteiger partial charge on any atom is 0.0366 e. The molecule has 1 heterocycles. The van der Waals surface area contributed by atoms with Crippen molar-refractivity contribution >= 4 is 28.2 Å². The minimum Gasteiger partial charge on any atom is -0.398 e. The summed E-state index contributed by atoms with van der Waals surface area (Å²) in [6.45, 7) is 5.63. The van der Waals surface area contributed by atoms with Crippen LogP contribution in [0.4, 0.5) is 5.69 Å². The number of nitrogen functional groups attached to an aromatic ring is 1. The van der Waals surface area contributed by atoms with Crippen LogP contribution in [0.5, 0.6) is 0 Å². The Balaban J connectivity index is 1.81. The molecular formula is C17H22N2S. The summed E-state index contributed by atoms with van der Waals surface area (Å²) >= 11 is 2.11. The van der Waals surface area contributed by atoms with E-state index in [4.69, 9.17) is 5.73 Å². The number of nitrogens with zero attached hydrogens (tertiary/aromatic N) is 1. The van der Waals surface area contributed by atoms with Crippen LogP contribution in [0, 0.1) is 0 Å². The number of thioether (sulfide) groups is 1. The van der Waals surface area contributed by atoms with E-state index >= 15 is 0 Å². The van der Waals surface area contributed by atoms with Gasteiger partial charge in [-0.2, -0.15) is 11.8 Å². The van der Waals surface area contributed by atoms with Gasteiger partial charge in [-0.05, 0) is 34.9 Å². The standard InChI is InChI=1S/C17H22N2S/c1-2-16-12-19(7-8-20-16)11-15-9-13-5-3-4-6-14(13)10-17(15)18/h3-6,9-10,16H,2,7-8,11-12,18H2,1H3. The number of nitrogens with two attached hydrogens (primary N) is 1. The van der Waals surface area contributed by atoms with Crippen molar-refractivity contribution in [2.45, 2.75) is 25.1 Å². The molecule has 106 valence electrons. The molecule has 20 heavy (non-hydrogen) atoms. The Bertz CT molecular complexity index is 597. The third kappa shape index (κ3) is 2.94. The Morgan fingerprint density at radius 3 is 2.75 bits per heavy atom. The first-order chi connectivity index (χ1) is 9.76. The van der Waals surface area contributed by atoms with Crippen LogP contribution in [0.25, 0.3) is 10.8 Å². The van der Waals surface area contributed by atoms with Crippen LogP contribution in [0.1, 0.15) is 18.9 Å². The summed E-state index contributed by atoms with van der Waals surface area (Å²) in [6, 6.07) is 12.8. The second kappa shape index (κ2) is 6.06. The van der Waals surface area contributed by atoms with Crippen molar-refractivity contribution in [1.82, 2.24) is 4.90 Å². The molecule has 1 aliphatic heterocycles. The van der Waals surface area contributed by atoms with Gasteiger partial charge >= 0.3 is 0 Å². The Kier molecular flexibility index (Phi) is 4.18. The summed E-state index contributed by atoms with van der Waals surface area (Å²) in [7, 11) is 0. The number of benzene rings is 2. The van der Waals surface area contributed by atoms with E-state index in [2.05, 4.69) is 60.0 Å². The Morgan fingerprint density at radius 2 is 2.00 bits per heavy atom. The predicted octanol–water partition coefficient (Wildman–Crippen LogP) is 3.75. The Hall–Kier alpha value is -1.19. The number of rotatable bonds is 3. The van der Waals surface area contributed by atoms with Crippen LogP contribution < -0.4 is 5.73 Å². The van der Waals surface area contributed by atoms with E-state index in [0.717, 1.165) is 17.5 Å². The van der Waals surface area contributed by atoms with Crippen molar-refractivity contribution in [3.8, 4) is 0 Å². The summed E-state index contributed by atoms with van der Waals surface area (Å²) in [6.07, 6.45) is 1.26. The zero-order valence-electron chi connectivity index (χ0n) is 12.0. The van der Waals surface area contributed by atoms with Gasteiger partial charge in [-0.15, -0.1) is 0 Å². The molecule has 1 unspecified atom stereocenters. The molecule has 3 rings (SSSR count). The number of anilines is 1. The van der Waals surface area contributed by atoms with Gasteiger partial charge in [0.2, 0.25) is 0 Å². The average Bonchev–Trinajstić information content (AvgIpc) is 2.48. The minimum atomic E-state index is 0.783. The van der Waals surface area contributed by atoms with Gasteiger partial charge in [-0.3, -0.25) is 4.90 Å². The highest BCUT2D eigenvalue weighted by Gasteiger charge is 2.19. The first-order valence-corrected chi connectivity index (χ1v) is 8.42. The van der Waals surface area contributed by atoms with Crippen LogP contribution in [0.3, 0.4) is 0 Å². The predicted molar refractivity (Wildman–Crippen MR) is 90.2 cm³/mol. The van der Waals surface area contributed by atoms with E-state index in [1.807, 2.05) is 0 Å². The molecule has 0 radical (unpaired) electrons. The summed E-state index contributed by atoms with van der Waals surface area (Å²) in [4.78, 5) is 2.55. The summed E-state index contributed by atoms with van der Waals surface area (Å²) < 4.78 is 0. The Morgan fingerprint density at radius 1 is 1.25 bits per heavy atom. The van der Waals surface area contributed by atoms with Gasteiger partial charge < -0.3 is 5.73 Å². The zero-order chi connectivity index (χ0) is 13.9. The number of hydrogen-bond donors (Lipinski definition) is 1. The highest BCUT2D eigenvalue weighted by Crippen LogP contribution is 2.26. The van der Waals surface area contributed by atoms with Crippen LogP contribution in [-0.4, -0.2) is 29.0 Å². The van der Waals surface area contributed by atoms with E-state index in [1.165, 1.54) is 41.6 Å². The van der Waals surface area contributed by atoms with Crippen LogP contribution >= 0.6 is 11.8 Å². The first-order valence-electron chi connectivity index (χ1n) is 7.37. The van der Waals surface area contributed by atoms with Crippen molar-refractivity contribution in [3.05, 3.63) is 42.0 Å². The molecule has 3 heteroatoms. The molecule has 1 aliphatic rings. The fraction of sp³-hybridized carbons (Fsp3) is 0.412. The fourth-order valence-corrected chi connectivity index (χ4v) is 4.10. The van der Waals surface area contributed by atoms with Crippen molar-refractivity contribution < 1.29 is 0 Å². The lowest BCUT2D eigenvalue weighted by molar-refractivity contribution is 0.274. The molecule has 0 amide bonds. The van der Waals surface area contributed by atoms with E-state index in [-0.39, 0.29) is 0 Å². The van der Waals surface area contributed by atoms with E-state index < -0.39 is 0 Å².